The molecule has 98 valence electrons. The van der Waals surface area contributed by atoms with Crippen LogP contribution in [0.4, 0.5) is 0 Å². The summed E-state index contributed by atoms with van der Waals surface area (Å²) < 4.78 is 2.15. The summed E-state index contributed by atoms with van der Waals surface area (Å²) >= 11 is 6.00. The number of aromatic nitrogens is 3. The highest BCUT2D eigenvalue weighted by molar-refractivity contribution is 6.16. The van der Waals surface area contributed by atoms with Crippen LogP contribution in [0.25, 0.3) is 11.2 Å². The van der Waals surface area contributed by atoms with Gasteiger partial charge in [0.2, 0.25) is 0 Å². The summed E-state index contributed by atoms with van der Waals surface area (Å²) in [5.41, 5.74) is 2.85. The molecule has 0 saturated heterocycles. The molecule has 0 aliphatic rings. The predicted octanol–water partition coefficient (Wildman–Crippen LogP) is 2.60. The highest BCUT2D eigenvalue weighted by Gasteiger charge is 2.16. The zero-order valence-corrected chi connectivity index (χ0v) is 12.1. The number of rotatable bonds is 4. The predicted molar refractivity (Wildman–Crippen MR) is 75.1 cm³/mol. The normalized spacial score (nSPS) is 13.4. The number of fused-ring (bicyclic) bond motifs is 1. The fourth-order valence-corrected chi connectivity index (χ4v) is 2.47. The van der Waals surface area contributed by atoms with Crippen LogP contribution in [0.2, 0.25) is 0 Å². The SMILES string of the molecule is Cc1ccc2nc(CCl)n(C(C)CN(C)C)c2n1. The van der Waals surface area contributed by atoms with E-state index >= 15 is 0 Å². The second-order valence-corrected chi connectivity index (χ2v) is 5.21. The summed E-state index contributed by atoms with van der Waals surface area (Å²) in [7, 11) is 4.13. The zero-order chi connectivity index (χ0) is 13.3. The highest BCUT2D eigenvalue weighted by Crippen LogP contribution is 2.21. The van der Waals surface area contributed by atoms with E-state index in [1.165, 1.54) is 0 Å². The number of aryl methyl sites for hydroxylation is 1. The van der Waals surface area contributed by atoms with Crippen molar-refractivity contribution in [1.29, 1.82) is 0 Å². The number of hydrogen-bond donors (Lipinski definition) is 0. The van der Waals surface area contributed by atoms with Crippen LogP contribution in [-0.2, 0) is 5.88 Å². The molecular formula is C13H19ClN4. The first-order chi connectivity index (χ1) is 8.52. The number of alkyl halides is 1. The molecule has 5 heteroatoms. The van der Waals surface area contributed by atoms with Gasteiger partial charge in [0.25, 0.3) is 0 Å². The summed E-state index contributed by atoms with van der Waals surface area (Å²) in [6, 6.07) is 4.29. The van der Waals surface area contributed by atoms with Gasteiger partial charge < -0.3 is 9.47 Å². The third kappa shape index (κ3) is 2.49. The molecule has 0 spiro atoms. The van der Waals surface area contributed by atoms with Crippen molar-refractivity contribution in [3.63, 3.8) is 0 Å². The molecule has 0 aliphatic carbocycles. The van der Waals surface area contributed by atoms with Crippen molar-refractivity contribution < 1.29 is 0 Å². The lowest BCUT2D eigenvalue weighted by Gasteiger charge is -2.20. The van der Waals surface area contributed by atoms with Gasteiger partial charge in [-0.3, -0.25) is 0 Å². The molecule has 0 fully saturated rings. The Balaban J connectivity index is 2.54. The molecule has 0 aliphatic heterocycles. The third-order valence-electron chi connectivity index (χ3n) is 2.94. The lowest BCUT2D eigenvalue weighted by atomic mass is 10.3. The van der Waals surface area contributed by atoms with Crippen molar-refractivity contribution in [1.82, 2.24) is 19.4 Å². The van der Waals surface area contributed by atoms with Gasteiger partial charge >= 0.3 is 0 Å². The minimum atomic E-state index is 0.299. The molecule has 18 heavy (non-hydrogen) atoms. The van der Waals surface area contributed by atoms with E-state index in [4.69, 9.17) is 11.6 Å². The van der Waals surface area contributed by atoms with Gasteiger partial charge in [-0.2, -0.15) is 0 Å². The van der Waals surface area contributed by atoms with E-state index in [2.05, 4.69) is 40.5 Å². The van der Waals surface area contributed by atoms with Gasteiger partial charge in [-0.15, -0.1) is 11.6 Å². The maximum absolute atomic E-state index is 6.00. The summed E-state index contributed by atoms with van der Waals surface area (Å²) in [6.45, 7) is 5.10. The van der Waals surface area contributed by atoms with Gasteiger partial charge in [-0.1, -0.05) is 0 Å². The lowest BCUT2D eigenvalue weighted by Crippen LogP contribution is -2.23. The molecular weight excluding hydrogens is 248 g/mol. The average Bonchev–Trinajstić information content (AvgIpc) is 2.65. The second kappa shape index (κ2) is 5.24. The largest absolute Gasteiger partial charge is 0.308 e. The molecule has 0 saturated carbocycles. The molecule has 2 aromatic heterocycles. The van der Waals surface area contributed by atoms with Gasteiger partial charge in [0.15, 0.2) is 5.65 Å². The van der Waals surface area contributed by atoms with Crippen LogP contribution in [0.1, 0.15) is 24.5 Å². The Morgan fingerprint density at radius 2 is 2.06 bits per heavy atom. The molecule has 1 unspecified atom stereocenters. The molecule has 0 aromatic carbocycles. The Kier molecular flexibility index (Phi) is 3.88. The third-order valence-corrected chi connectivity index (χ3v) is 3.18. The first-order valence-corrected chi connectivity index (χ1v) is 6.61. The van der Waals surface area contributed by atoms with Crippen molar-refractivity contribution >= 4 is 22.8 Å². The molecule has 4 nitrogen and oxygen atoms in total. The van der Waals surface area contributed by atoms with E-state index < -0.39 is 0 Å². The number of pyridine rings is 1. The van der Waals surface area contributed by atoms with Crippen molar-refractivity contribution in [3.8, 4) is 0 Å². The van der Waals surface area contributed by atoms with Crippen molar-refractivity contribution in [2.24, 2.45) is 0 Å². The molecule has 1 atom stereocenters. The molecule has 2 heterocycles. The van der Waals surface area contributed by atoms with Gasteiger partial charge in [0, 0.05) is 18.3 Å². The maximum Gasteiger partial charge on any atom is 0.160 e. The maximum atomic E-state index is 6.00. The molecule has 0 N–H and O–H groups in total. The van der Waals surface area contributed by atoms with Crippen LogP contribution >= 0.6 is 11.6 Å². The van der Waals surface area contributed by atoms with E-state index in [1.807, 2.05) is 19.1 Å². The van der Waals surface area contributed by atoms with E-state index in [0.29, 0.717) is 11.9 Å². The van der Waals surface area contributed by atoms with Crippen LogP contribution in [0.3, 0.4) is 0 Å². The second-order valence-electron chi connectivity index (χ2n) is 4.94. The van der Waals surface area contributed by atoms with Crippen LogP contribution in [-0.4, -0.2) is 40.1 Å². The molecule has 0 radical (unpaired) electrons. The number of likely N-dealkylation sites (N-methyl/N-ethyl adjacent to an activating group) is 1. The summed E-state index contributed by atoms with van der Waals surface area (Å²) in [6.07, 6.45) is 0. The number of imidazole rings is 1. The minimum Gasteiger partial charge on any atom is -0.308 e. The summed E-state index contributed by atoms with van der Waals surface area (Å²) in [5.74, 6) is 1.30. The molecule has 0 bridgehead atoms. The topological polar surface area (TPSA) is 34.0 Å². The van der Waals surface area contributed by atoms with Gasteiger partial charge in [-0.25, -0.2) is 9.97 Å². The summed E-state index contributed by atoms with van der Waals surface area (Å²) in [5, 5.41) is 0. The Morgan fingerprint density at radius 1 is 1.33 bits per heavy atom. The Morgan fingerprint density at radius 3 is 2.67 bits per heavy atom. The summed E-state index contributed by atoms with van der Waals surface area (Å²) in [4.78, 5) is 11.3. The van der Waals surface area contributed by atoms with Crippen LogP contribution in [0.15, 0.2) is 12.1 Å². The quantitative estimate of drug-likeness (QED) is 0.798. The first kappa shape index (κ1) is 13.3. The Labute approximate surface area is 113 Å². The van der Waals surface area contributed by atoms with Crippen LogP contribution in [0, 0.1) is 6.92 Å². The lowest BCUT2D eigenvalue weighted by molar-refractivity contribution is 0.337. The van der Waals surface area contributed by atoms with E-state index in [1.54, 1.807) is 0 Å². The molecule has 0 amide bonds. The van der Waals surface area contributed by atoms with Crippen molar-refractivity contribution in [2.75, 3.05) is 20.6 Å². The van der Waals surface area contributed by atoms with Crippen LogP contribution in [0.5, 0.6) is 0 Å². The van der Waals surface area contributed by atoms with Gasteiger partial charge in [0.1, 0.15) is 11.3 Å². The van der Waals surface area contributed by atoms with Crippen molar-refractivity contribution in [3.05, 3.63) is 23.7 Å². The fourth-order valence-electron chi connectivity index (χ4n) is 2.28. The minimum absolute atomic E-state index is 0.299. The highest BCUT2D eigenvalue weighted by atomic mass is 35.5. The molecule has 2 aromatic rings. The monoisotopic (exact) mass is 266 g/mol. The van der Waals surface area contributed by atoms with E-state index in [9.17, 15) is 0 Å². The number of hydrogen-bond acceptors (Lipinski definition) is 3. The van der Waals surface area contributed by atoms with Gasteiger partial charge in [-0.05, 0) is 40.1 Å². The Hall–Kier alpha value is -1.13. The van der Waals surface area contributed by atoms with Crippen molar-refractivity contribution in [2.45, 2.75) is 25.8 Å². The number of halogens is 1. The molecule has 2 rings (SSSR count). The fraction of sp³-hybridized carbons (Fsp3) is 0.538. The van der Waals surface area contributed by atoms with Crippen LogP contribution < -0.4 is 0 Å². The zero-order valence-electron chi connectivity index (χ0n) is 11.3. The van der Waals surface area contributed by atoms with Gasteiger partial charge in [0.05, 0.1) is 5.88 Å². The first-order valence-electron chi connectivity index (χ1n) is 6.08. The number of nitrogens with zero attached hydrogens (tertiary/aromatic N) is 4. The Bertz CT molecular complexity index is 547. The van der Waals surface area contributed by atoms with E-state index in [-0.39, 0.29) is 0 Å². The van der Waals surface area contributed by atoms with E-state index in [0.717, 1.165) is 29.2 Å². The standard InChI is InChI=1S/C13H19ClN4/c1-9-5-6-11-13(15-9)18(12(7-14)16-11)10(2)8-17(3)4/h5-6,10H,7-8H2,1-4H3. The smallest absolute Gasteiger partial charge is 0.160 e. The average molecular weight is 267 g/mol.